The van der Waals surface area contributed by atoms with Gasteiger partial charge in [0.25, 0.3) is 0 Å². The number of nitrogens with one attached hydrogen (secondary N) is 1. The van der Waals surface area contributed by atoms with Gasteiger partial charge in [-0.1, -0.05) is 29.8 Å². The summed E-state index contributed by atoms with van der Waals surface area (Å²) in [6.07, 6.45) is 3.47. The molecule has 0 aliphatic carbocycles. The van der Waals surface area contributed by atoms with Crippen LogP contribution in [0.15, 0.2) is 29.3 Å². The fraction of sp³-hybridized carbons (Fsp3) is 0.611. The van der Waals surface area contributed by atoms with Crippen molar-refractivity contribution in [2.45, 2.75) is 31.5 Å². The first-order valence-electron chi connectivity index (χ1n) is 8.70. The van der Waals surface area contributed by atoms with Crippen LogP contribution in [0.1, 0.15) is 18.4 Å². The smallest absolute Gasteiger partial charge is 0.193 e. The zero-order chi connectivity index (χ0) is 16.8. The summed E-state index contributed by atoms with van der Waals surface area (Å²) in [6.45, 7) is 4.06. The maximum atomic E-state index is 6.22. The van der Waals surface area contributed by atoms with Gasteiger partial charge in [0, 0.05) is 38.3 Å². The van der Waals surface area contributed by atoms with E-state index >= 15 is 0 Å². The molecule has 2 aliphatic heterocycles. The Morgan fingerprint density at radius 1 is 1.29 bits per heavy atom. The van der Waals surface area contributed by atoms with Gasteiger partial charge >= 0.3 is 0 Å². The second-order valence-corrected chi connectivity index (χ2v) is 6.63. The molecule has 2 heterocycles. The summed E-state index contributed by atoms with van der Waals surface area (Å²) in [4.78, 5) is 6.69. The van der Waals surface area contributed by atoms with Crippen LogP contribution in [0.25, 0.3) is 0 Å². The minimum atomic E-state index is 0.142. The summed E-state index contributed by atoms with van der Waals surface area (Å²) in [5, 5.41) is 4.27. The quantitative estimate of drug-likeness (QED) is 0.668. The monoisotopic (exact) mass is 351 g/mol. The van der Waals surface area contributed by atoms with Crippen molar-refractivity contribution in [3.8, 4) is 0 Å². The SMILES string of the molecule is CN=C(NCCc1ccccc1Cl)N1CCOC(C2CCCO2)C1. The van der Waals surface area contributed by atoms with E-state index in [0.29, 0.717) is 0 Å². The normalized spacial score (nSPS) is 25.1. The maximum absolute atomic E-state index is 6.22. The third-order valence-electron chi connectivity index (χ3n) is 4.62. The number of hydrogen-bond donors (Lipinski definition) is 1. The third-order valence-corrected chi connectivity index (χ3v) is 4.99. The molecule has 2 aliphatic rings. The molecule has 0 saturated carbocycles. The van der Waals surface area contributed by atoms with Crippen molar-refractivity contribution in [2.24, 2.45) is 4.99 Å². The Hall–Kier alpha value is -1.30. The lowest BCUT2D eigenvalue weighted by atomic mass is 10.1. The first-order chi connectivity index (χ1) is 11.8. The van der Waals surface area contributed by atoms with Crippen molar-refractivity contribution in [2.75, 3.05) is 39.9 Å². The van der Waals surface area contributed by atoms with Gasteiger partial charge in [0.05, 0.1) is 12.7 Å². The first kappa shape index (κ1) is 17.5. The predicted molar refractivity (Wildman–Crippen MR) is 96.8 cm³/mol. The Bertz CT molecular complexity index is 561. The average Bonchev–Trinajstić information content (AvgIpc) is 3.15. The van der Waals surface area contributed by atoms with Crippen LogP contribution in [0.5, 0.6) is 0 Å². The molecule has 5 nitrogen and oxygen atoms in total. The lowest BCUT2D eigenvalue weighted by Crippen LogP contribution is -2.53. The van der Waals surface area contributed by atoms with Gasteiger partial charge in [-0.2, -0.15) is 0 Å². The average molecular weight is 352 g/mol. The molecule has 0 bridgehead atoms. The summed E-state index contributed by atoms with van der Waals surface area (Å²) >= 11 is 6.22. The largest absolute Gasteiger partial charge is 0.375 e. The van der Waals surface area contributed by atoms with Gasteiger partial charge in [-0.05, 0) is 30.9 Å². The first-order valence-corrected chi connectivity index (χ1v) is 9.08. The molecule has 2 unspecified atom stereocenters. The molecule has 1 N–H and O–H groups in total. The lowest BCUT2D eigenvalue weighted by molar-refractivity contribution is -0.0816. The number of guanidine groups is 1. The number of halogens is 1. The Kier molecular flexibility index (Phi) is 6.35. The van der Waals surface area contributed by atoms with Gasteiger partial charge in [-0.15, -0.1) is 0 Å². The van der Waals surface area contributed by atoms with Crippen LogP contribution < -0.4 is 5.32 Å². The molecule has 1 aromatic carbocycles. The van der Waals surface area contributed by atoms with E-state index in [1.54, 1.807) is 0 Å². The number of morpholine rings is 1. The van der Waals surface area contributed by atoms with Gasteiger partial charge in [0.15, 0.2) is 5.96 Å². The second-order valence-electron chi connectivity index (χ2n) is 6.22. The van der Waals surface area contributed by atoms with E-state index in [-0.39, 0.29) is 12.2 Å². The van der Waals surface area contributed by atoms with Gasteiger partial charge in [-0.3, -0.25) is 4.99 Å². The highest BCUT2D eigenvalue weighted by molar-refractivity contribution is 6.31. The minimum absolute atomic E-state index is 0.142. The molecule has 0 spiro atoms. The van der Waals surface area contributed by atoms with Crippen LogP contribution >= 0.6 is 11.6 Å². The molecule has 2 atom stereocenters. The van der Waals surface area contributed by atoms with Crippen LogP contribution in [0.3, 0.4) is 0 Å². The van der Waals surface area contributed by atoms with E-state index in [0.717, 1.165) is 68.7 Å². The van der Waals surface area contributed by atoms with Gasteiger partial charge in [0.2, 0.25) is 0 Å². The molecule has 132 valence electrons. The van der Waals surface area contributed by atoms with Crippen LogP contribution in [0.4, 0.5) is 0 Å². The van der Waals surface area contributed by atoms with E-state index in [4.69, 9.17) is 21.1 Å². The number of nitrogens with zero attached hydrogens (tertiary/aromatic N) is 2. The number of ether oxygens (including phenoxy) is 2. The molecule has 3 rings (SSSR count). The van der Waals surface area contributed by atoms with Crippen molar-refractivity contribution < 1.29 is 9.47 Å². The highest BCUT2D eigenvalue weighted by Gasteiger charge is 2.32. The van der Waals surface area contributed by atoms with Crippen LogP contribution in [-0.4, -0.2) is 63.0 Å². The zero-order valence-electron chi connectivity index (χ0n) is 14.2. The fourth-order valence-electron chi connectivity index (χ4n) is 3.33. The van der Waals surface area contributed by atoms with Gasteiger partial charge in [0.1, 0.15) is 6.10 Å². The summed E-state index contributed by atoms with van der Waals surface area (Å²) in [7, 11) is 1.83. The number of rotatable bonds is 4. The summed E-state index contributed by atoms with van der Waals surface area (Å²) in [5.41, 5.74) is 1.15. The summed E-state index contributed by atoms with van der Waals surface area (Å²) < 4.78 is 11.7. The lowest BCUT2D eigenvalue weighted by Gasteiger charge is -2.37. The van der Waals surface area contributed by atoms with Crippen molar-refractivity contribution in [3.63, 3.8) is 0 Å². The number of hydrogen-bond acceptors (Lipinski definition) is 3. The molecule has 1 aromatic rings. The summed E-state index contributed by atoms with van der Waals surface area (Å²) in [6, 6.07) is 7.97. The fourth-order valence-corrected chi connectivity index (χ4v) is 3.56. The molecule has 0 radical (unpaired) electrons. The molecule has 0 aromatic heterocycles. The molecule has 2 fully saturated rings. The Labute approximate surface area is 149 Å². The van der Waals surface area contributed by atoms with Crippen LogP contribution in [0.2, 0.25) is 5.02 Å². The van der Waals surface area contributed by atoms with Crippen molar-refractivity contribution in [1.29, 1.82) is 0 Å². The Morgan fingerprint density at radius 2 is 2.12 bits per heavy atom. The highest BCUT2D eigenvalue weighted by atomic mass is 35.5. The molecular weight excluding hydrogens is 326 g/mol. The number of aliphatic imine (C=N–C) groups is 1. The third kappa shape index (κ3) is 4.41. The van der Waals surface area contributed by atoms with Gasteiger partial charge in [-0.25, -0.2) is 0 Å². The van der Waals surface area contributed by atoms with Crippen molar-refractivity contribution in [3.05, 3.63) is 34.9 Å². The second kappa shape index (κ2) is 8.70. The van der Waals surface area contributed by atoms with Gasteiger partial charge < -0.3 is 19.7 Å². The van der Waals surface area contributed by atoms with Crippen LogP contribution in [-0.2, 0) is 15.9 Å². The molecule has 0 amide bonds. The van der Waals surface area contributed by atoms with E-state index in [9.17, 15) is 0 Å². The summed E-state index contributed by atoms with van der Waals surface area (Å²) in [5.74, 6) is 0.924. The standard InChI is InChI=1S/C18H26ClN3O2/c1-20-18(21-9-8-14-5-2-3-6-15(14)19)22-10-12-24-17(13-22)16-7-4-11-23-16/h2-3,5-6,16-17H,4,7-13H2,1H3,(H,20,21). The Balaban J connectivity index is 1.51. The van der Waals surface area contributed by atoms with Crippen molar-refractivity contribution in [1.82, 2.24) is 10.2 Å². The van der Waals surface area contributed by atoms with Crippen LogP contribution in [0, 0.1) is 0 Å². The minimum Gasteiger partial charge on any atom is -0.375 e. The Morgan fingerprint density at radius 3 is 2.88 bits per heavy atom. The predicted octanol–water partition coefficient (Wildman–Crippen LogP) is 2.34. The molecular formula is C18H26ClN3O2. The maximum Gasteiger partial charge on any atom is 0.193 e. The molecule has 2 saturated heterocycles. The van der Waals surface area contributed by atoms with E-state index in [2.05, 4.69) is 21.3 Å². The topological polar surface area (TPSA) is 46.1 Å². The zero-order valence-corrected chi connectivity index (χ0v) is 15.0. The van der Waals surface area contributed by atoms with E-state index < -0.39 is 0 Å². The molecule has 6 heteroatoms. The molecule has 24 heavy (non-hydrogen) atoms. The van der Waals surface area contributed by atoms with E-state index in [1.807, 2.05) is 25.2 Å². The number of benzene rings is 1. The van der Waals surface area contributed by atoms with Crippen molar-refractivity contribution >= 4 is 17.6 Å². The van der Waals surface area contributed by atoms with E-state index in [1.165, 1.54) is 0 Å². The highest BCUT2D eigenvalue weighted by Crippen LogP contribution is 2.21.